The maximum absolute atomic E-state index is 11.3. The van der Waals surface area contributed by atoms with Gasteiger partial charge in [-0.2, -0.15) is 0 Å². The Labute approximate surface area is 87.3 Å². The number of nitrogens with one attached hydrogen (secondary N) is 1. The Bertz CT molecular complexity index is 157. The first-order valence-corrected chi connectivity index (χ1v) is 5.36. The van der Waals surface area contributed by atoms with Gasteiger partial charge in [0.15, 0.2) is 0 Å². The number of carbonyl (C=O) groups excluding carboxylic acids is 1. The van der Waals surface area contributed by atoms with E-state index in [1.54, 1.807) is 11.9 Å². The number of likely N-dealkylation sites (N-methyl/N-ethyl adjacent to an activating group) is 1. The maximum Gasteiger partial charge on any atom is 0.317 e. The topological polar surface area (TPSA) is 35.6 Å². The second kappa shape index (κ2) is 7.62. The molecule has 2 amide bonds. The molecule has 0 heterocycles. The van der Waals surface area contributed by atoms with Gasteiger partial charge in [0, 0.05) is 26.7 Å². The fraction of sp³-hybridized carbons (Fsp3) is 0.900. The maximum atomic E-state index is 11.3. The molecule has 0 aromatic heterocycles. The highest BCUT2D eigenvalue weighted by molar-refractivity contribution is 5.73. The first-order valence-electron chi connectivity index (χ1n) is 5.36. The molecule has 0 rings (SSSR count). The molecule has 0 aromatic rings. The van der Waals surface area contributed by atoms with Crippen molar-refractivity contribution in [2.75, 3.05) is 39.8 Å². The average Bonchev–Trinajstić information content (AvgIpc) is 2.22. The molecule has 0 saturated heterocycles. The van der Waals surface area contributed by atoms with Gasteiger partial charge < -0.3 is 15.1 Å². The molecular formula is C10H23N3O. The molecule has 0 aliphatic carbocycles. The summed E-state index contributed by atoms with van der Waals surface area (Å²) in [6.45, 7) is 10.7. The summed E-state index contributed by atoms with van der Waals surface area (Å²) in [5, 5.41) is 2.88. The third-order valence-corrected chi connectivity index (χ3v) is 2.42. The normalized spacial score (nSPS) is 10.4. The van der Waals surface area contributed by atoms with Crippen LogP contribution in [0.15, 0.2) is 0 Å². The molecule has 4 nitrogen and oxygen atoms in total. The van der Waals surface area contributed by atoms with Gasteiger partial charge in [0.1, 0.15) is 0 Å². The van der Waals surface area contributed by atoms with E-state index < -0.39 is 0 Å². The van der Waals surface area contributed by atoms with E-state index in [2.05, 4.69) is 24.1 Å². The number of nitrogens with zero attached hydrogens (tertiary/aromatic N) is 2. The van der Waals surface area contributed by atoms with E-state index in [4.69, 9.17) is 0 Å². The summed E-state index contributed by atoms with van der Waals surface area (Å²) < 4.78 is 0. The van der Waals surface area contributed by atoms with Crippen LogP contribution in [0.2, 0.25) is 0 Å². The zero-order chi connectivity index (χ0) is 11.0. The van der Waals surface area contributed by atoms with Gasteiger partial charge in [-0.3, -0.25) is 0 Å². The van der Waals surface area contributed by atoms with E-state index in [9.17, 15) is 4.79 Å². The zero-order valence-electron chi connectivity index (χ0n) is 9.84. The Kier molecular flexibility index (Phi) is 7.20. The quantitative estimate of drug-likeness (QED) is 0.695. The van der Waals surface area contributed by atoms with Crippen molar-refractivity contribution in [2.45, 2.75) is 20.8 Å². The molecule has 0 spiro atoms. The summed E-state index contributed by atoms with van der Waals surface area (Å²) in [4.78, 5) is 15.3. The van der Waals surface area contributed by atoms with Gasteiger partial charge in [0.05, 0.1) is 0 Å². The van der Waals surface area contributed by atoms with E-state index in [1.165, 1.54) is 0 Å². The average molecular weight is 201 g/mol. The molecule has 0 fully saturated rings. The first kappa shape index (κ1) is 13.2. The Morgan fingerprint density at radius 1 is 1.14 bits per heavy atom. The van der Waals surface area contributed by atoms with E-state index in [-0.39, 0.29) is 6.03 Å². The predicted molar refractivity (Wildman–Crippen MR) is 59.5 cm³/mol. The van der Waals surface area contributed by atoms with Crippen LogP contribution in [0.25, 0.3) is 0 Å². The number of urea groups is 1. The summed E-state index contributed by atoms with van der Waals surface area (Å²) in [5.74, 6) is 0. The van der Waals surface area contributed by atoms with Crippen LogP contribution in [-0.4, -0.2) is 55.6 Å². The molecule has 0 saturated carbocycles. The zero-order valence-corrected chi connectivity index (χ0v) is 9.84. The highest BCUT2D eigenvalue weighted by atomic mass is 16.2. The van der Waals surface area contributed by atoms with Crippen LogP contribution in [0.1, 0.15) is 20.8 Å². The van der Waals surface area contributed by atoms with Crippen molar-refractivity contribution in [1.29, 1.82) is 0 Å². The van der Waals surface area contributed by atoms with Crippen LogP contribution >= 0.6 is 0 Å². The fourth-order valence-corrected chi connectivity index (χ4v) is 1.14. The summed E-state index contributed by atoms with van der Waals surface area (Å²) in [5.41, 5.74) is 0. The van der Waals surface area contributed by atoms with Crippen molar-refractivity contribution < 1.29 is 4.79 Å². The minimum absolute atomic E-state index is 0.0136. The minimum atomic E-state index is 0.0136. The highest BCUT2D eigenvalue weighted by Crippen LogP contribution is 1.86. The van der Waals surface area contributed by atoms with Gasteiger partial charge in [-0.05, 0) is 20.0 Å². The largest absolute Gasteiger partial charge is 0.337 e. The minimum Gasteiger partial charge on any atom is -0.337 e. The number of hydrogen-bond acceptors (Lipinski definition) is 2. The van der Waals surface area contributed by atoms with Crippen LogP contribution in [-0.2, 0) is 0 Å². The molecule has 0 aromatic carbocycles. The molecule has 1 N–H and O–H groups in total. The second-order valence-corrected chi connectivity index (χ2v) is 3.27. The van der Waals surface area contributed by atoms with E-state index in [0.717, 1.165) is 32.7 Å². The van der Waals surface area contributed by atoms with Gasteiger partial charge >= 0.3 is 6.03 Å². The second-order valence-electron chi connectivity index (χ2n) is 3.27. The van der Waals surface area contributed by atoms with Crippen molar-refractivity contribution in [2.24, 2.45) is 0 Å². The molecular weight excluding hydrogens is 178 g/mol. The van der Waals surface area contributed by atoms with Gasteiger partial charge in [-0.1, -0.05) is 13.8 Å². The number of hydrogen-bond donors (Lipinski definition) is 1. The predicted octanol–water partition coefficient (Wildman–Crippen LogP) is 0.990. The van der Waals surface area contributed by atoms with Crippen molar-refractivity contribution in [1.82, 2.24) is 15.1 Å². The molecule has 0 aliphatic heterocycles. The molecule has 84 valence electrons. The monoisotopic (exact) mass is 201 g/mol. The number of rotatable bonds is 6. The van der Waals surface area contributed by atoms with E-state index in [0.29, 0.717) is 0 Å². The van der Waals surface area contributed by atoms with Crippen LogP contribution in [0.5, 0.6) is 0 Å². The lowest BCUT2D eigenvalue weighted by Crippen LogP contribution is -2.41. The Hall–Kier alpha value is -0.770. The van der Waals surface area contributed by atoms with Crippen LogP contribution in [0, 0.1) is 0 Å². The summed E-state index contributed by atoms with van der Waals surface area (Å²) in [6.07, 6.45) is 0. The Morgan fingerprint density at radius 2 is 1.71 bits per heavy atom. The van der Waals surface area contributed by atoms with Crippen LogP contribution in [0.3, 0.4) is 0 Å². The van der Waals surface area contributed by atoms with Crippen molar-refractivity contribution in [3.63, 3.8) is 0 Å². The molecule has 0 atom stereocenters. The standard InChI is InChI=1S/C10H23N3O/c1-5-12(4)10(14)11-8-9-13(6-2)7-3/h5-9H2,1-4H3,(H,11,14). The van der Waals surface area contributed by atoms with Gasteiger partial charge in [0.2, 0.25) is 0 Å². The van der Waals surface area contributed by atoms with Crippen molar-refractivity contribution in [3.8, 4) is 0 Å². The molecule has 0 radical (unpaired) electrons. The van der Waals surface area contributed by atoms with Gasteiger partial charge in [-0.15, -0.1) is 0 Å². The number of amides is 2. The third kappa shape index (κ3) is 5.07. The van der Waals surface area contributed by atoms with Gasteiger partial charge in [0.25, 0.3) is 0 Å². The Balaban J connectivity index is 3.57. The van der Waals surface area contributed by atoms with Crippen LogP contribution in [0.4, 0.5) is 4.79 Å². The molecule has 0 unspecified atom stereocenters. The van der Waals surface area contributed by atoms with Crippen LogP contribution < -0.4 is 5.32 Å². The molecule has 0 aliphatic rings. The third-order valence-electron chi connectivity index (χ3n) is 2.42. The summed E-state index contributed by atoms with van der Waals surface area (Å²) in [7, 11) is 1.80. The van der Waals surface area contributed by atoms with Crippen molar-refractivity contribution >= 4 is 6.03 Å². The summed E-state index contributed by atoms with van der Waals surface area (Å²) >= 11 is 0. The lowest BCUT2D eigenvalue weighted by atomic mass is 10.4. The lowest BCUT2D eigenvalue weighted by molar-refractivity contribution is 0.208. The Morgan fingerprint density at radius 3 is 2.14 bits per heavy atom. The molecule has 0 bridgehead atoms. The first-order chi connectivity index (χ1) is 6.65. The van der Waals surface area contributed by atoms with E-state index >= 15 is 0 Å². The highest BCUT2D eigenvalue weighted by Gasteiger charge is 2.05. The molecule has 4 heteroatoms. The van der Waals surface area contributed by atoms with Crippen molar-refractivity contribution in [3.05, 3.63) is 0 Å². The van der Waals surface area contributed by atoms with Gasteiger partial charge in [-0.25, -0.2) is 4.79 Å². The SMILES string of the molecule is CCN(CC)CCNC(=O)N(C)CC. The lowest BCUT2D eigenvalue weighted by Gasteiger charge is -2.20. The number of carbonyl (C=O) groups is 1. The fourth-order valence-electron chi connectivity index (χ4n) is 1.14. The smallest absolute Gasteiger partial charge is 0.317 e. The molecule has 14 heavy (non-hydrogen) atoms. The summed E-state index contributed by atoms with van der Waals surface area (Å²) in [6, 6.07) is 0.0136. The van der Waals surface area contributed by atoms with E-state index in [1.807, 2.05) is 6.92 Å².